The quantitative estimate of drug-likeness (QED) is 0.832. The van der Waals surface area contributed by atoms with Crippen molar-refractivity contribution in [3.63, 3.8) is 0 Å². The average molecular weight is 368 g/mol. The predicted octanol–water partition coefficient (Wildman–Crippen LogP) is 1.84. The molecule has 25 heavy (non-hydrogen) atoms. The molecule has 1 heterocycles. The summed E-state index contributed by atoms with van der Waals surface area (Å²) in [6.45, 7) is 5.24. The van der Waals surface area contributed by atoms with Crippen LogP contribution >= 0.6 is 0 Å². The van der Waals surface area contributed by atoms with Gasteiger partial charge in [0.1, 0.15) is 0 Å². The molecule has 140 valence electrons. The van der Waals surface area contributed by atoms with Crippen molar-refractivity contribution < 1.29 is 13.2 Å². The number of amides is 1. The van der Waals surface area contributed by atoms with Crippen LogP contribution in [0.5, 0.6) is 0 Å². The van der Waals surface area contributed by atoms with Gasteiger partial charge in [-0.2, -0.15) is 0 Å². The molecule has 2 N–H and O–H groups in total. The van der Waals surface area contributed by atoms with Crippen molar-refractivity contribution in [3.05, 3.63) is 29.3 Å². The number of hydrogen-bond donors (Lipinski definition) is 1. The van der Waals surface area contributed by atoms with Gasteiger partial charge < -0.3 is 10.6 Å². The van der Waals surface area contributed by atoms with Gasteiger partial charge in [0.25, 0.3) is 5.91 Å². The highest BCUT2D eigenvalue weighted by atomic mass is 32.2. The van der Waals surface area contributed by atoms with Gasteiger partial charge in [0.15, 0.2) is 0 Å². The van der Waals surface area contributed by atoms with E-state index in [0.29, 0.717) is 30.3 Å². The molecule has 0 aliphatic carbocycles. The smallest absolute Gasteiger partial charge is 0.253 e. The molecule has 1 aromatic rings. The van der Waals surface area contributed by atoms with Crippen LogP contribution in [0.25, 0.3) is 0 Å². The van der Waals surface area contributed by atoms with Gasteiger partial charge in [-0.15, -0.1) is 0 Å². The summed E-state index contributed by atoms with van der Waals surface area (Å²) in [4.78, 5) is 14.3. The Morgan fingerprint density at radius 2 is 2.04 bits per heavy atom. The van der Waals surface area contributed by atoms with E-state index in [9.17, 15) is 13.2 Å². The molecule has 0 spiro atoms. The fraction of sp³-hybridized carbons (Fsp3) is 0.611. The van der Waals surface area contributed by atoms with E-state index in [1.807, 2.05) is 6.07 Å². The van der Waals surface area contributed by atoms with E-state index >= 15 is 0 Å². The number of aryl methyl sites for hydroxylation is 1. The molecule has 0 saturated carbocycles. The number of anilines is 1. The highest BCUT2D eigenvalue weighted by Gasteiger charge is 2.25. The van der Waals surface area contributed by atoms with E-state index in [1.165, 1.54) is 10.6 Å². The second-order valence-electron chi connectivity index (χ2n) is 7.21. The first-order valence-electron chi connectivity index (χ1n) is 8.73. The standard InChI is InChI=1S/C18H29N3O3S/c1-13(2)16(19)9-11-20(3)18(22)15-7-8-17-14(12-15)6-5-10-21(17)25(4,23)24/h7-8,12-13,16H,5-6,9-11,19H2,1-4H3. The normalized spacial score (nSPS) is 15.8. The van der Waals surface area contributed by atoms with Crippen molar-refractivity contribution in [3.8, 4) is 0 Å². The summed E-state index contributed by atoms with van der Waals surface area (Å²) in [6.07, 6.45) is 3.51. The van der Waals surface area contributed by atoms with Crippen molar-refractivity contribution in [1.82, 2.24) is 4.90 Å². The summed E-state index contributed by atoms with van der Waals surface area (Å²) >= 11 is 0. The summed E-state index contributed by atoms with van der Waals surface area (Å²) in [6, 6.07) is 5.36. The molecule has 0 bridgehead atoms. The third-order valence-electron chi connectivity index (χ3n) is 4.80. The van der Waals surface area contributed by atoms with Crippen molar-refractivity contribution in [2.45, 2.75) is 39.2 Å². The number of carbonyl (C=O) groups excluding carboxylic acids is 1. The predicted molar refractivity (Wildman–Crippen MR) is 101 cm³/mol. The van der Waals surface area contributed by atoms with E-state index in [2.05, 4.69) is 13.8 Å². The third kappa shape index (κ3) is 4.73. The third-order valence-corrected chi connectivity index (χ3v) is 5.98. The van der Waals surface area contributed by atoms with Crippen LogP contribution in [0.2, 0.25) is 0 Å². The molecule has 1 amide bonds. The van der Waals surface area contributed by atoms with Crippen LogP contribution in [-0.2, 0) is 16.4 Å². The molecular weight excluding hydrogens is 338 g/mol. The fourth-order valence-electron chi connectivity index (χ4n) is 3.04. The van der Waals surface area contributed by atoms with Gasteiger partial charge in [-0.25, -0.2) is 8.42 Å². The Hall–Kier alpha value is -1.60. The maximum Gasteiger partial charge on any atom is 0.253 e. The Morgan fingerprint density at radius 1 is 1.36 bits per heavy atom. The van der Waals surface area contributed by atoms with Gasteiger partial charge in [0.2, 0.25) is 10.0 Å². The lowest BCUT2D eigenvalue weighted by molar-refractivity contribution is 0.0789. The van der Waals surface area contributed by atoms with Gasteiger partial charge in [0, 0.05) is 31.7 Å². The zero-order valence-corrected chi connectivity index (χ0v) is 16.3. The Balaban J connectivity index is 2.14. The lowest BCUT2D eigenvalue weighted by Crippen LogP contribution is -2.36. The second kappa shape index (κ2) is 7.74. The first-order chi connectivity index (χ1) is 11.6. The Morgan fingerprint density at radius 3 is 2.64 bits per heavy atom. The van der Waals surface area contributed by atoms with Gasteiger partial charge in [-0.05, 0) is 48.9 Å². The molecule has 0 fully saturated rings. The SMILES string of the molecule is CC(C)C(N)CCN(C)C(=O)c1ccc2c(c1)CCCN2S(C)(=O)=O. The van der Waals surface area contributed by atoms with E-state index in [-0.39, 0.29) is 11.9 Å². The summed E-state index contributed by atoms with van der Waals surface area (Å²) in [7, 11) is -1.52. The molecule has 7 heteroatoms. The number of benzene rings is 1. The lowest BCUT2D eigenvalue weighted by Gasteiger charge is -2.29. The number of fused-ring (bicyclic) bond motifs is 1. The summed E-state index contributed by atoms with van der Waals surface area (Å²) in [5.41, 5.74) is 8.24. The molecule has 0 saturated heterocycles. The minimum Gasteiger partial charge on any atom is -0.342 e. The molecule has 2 rings (SSSR count). The van der Waals surface area contributed by atoms with E-state index in [0.717, 1.165) is 24.8 Å². The van der Waals surface area contributed by atoms with E-state index < -0.39 is 10.0 Å². The minimum absolute atomic E-state index is 0.0600. The van der Waals surface area contributed by atoms with Gasteiger partial charge in [0.05, 0.1) is 11.9 Å². The van der Waals surface area contributed by atoms with Crippen molar-refractivity contribution in [1.29, 1.82) is 0 Å². The number of carbonyl (C=O) groups is 1. The van der Waals surface area contributed by atoms with Crippen LogP contribution in [0.1, 0.15) is 42.6 Å². The average Bonchev–Trinajstić information content (AvgIpc) is 2.56. The van der Waals surface area contributed by atoms with Crippen LogP contribution in [0.3, 0.4) is 0 Å². The second-order valence-corrected chi connectivity index (χ2v) is 9.11. The van der Waals surface area contributed by atoms with Crippen LogP contribution in [-0.4, -0.2) is 51.7 Å². The lowest BCUT2D eigenvalue weighted by atomic mass is 9.99. The Bertz CT molecular complexity index is 731. The van der Waals surface area contributed by atoms with E-state index in [1.54, 1.807) is 24.1 Å². The van der Waals surface area contributed by atoms with Crippen LogP contribution < -0.4 is 10.0 Å². The Kier molecular flexibility index (Phi) is 6.11. The molecule has 1 aliphatic heterocycles. The molecule has 0 aromatic heterocycles. The minimum atomic E-state index is -3.29. The summed E-state index contributed by atoms with van der Waals surface area (Å²) in [5.74, 6) is 0.324. The molecule has 1 aliphatic rings. The molecule has 1 atom stereocenters. The van der Waals surface area contributed by atoms with Crippen LogP contribution in [0.15, 0.2) is 18.2 Å². The van der Waals surface area contributed by atoms with Gasteiger partial charge in [-0.3, -0.25) is 9.10 Å². The summed E-state index contributed by atoms with van der Waals surface area (Å²) in [5, 5.41) is 0. The first kappa shape index (κ1) is 19.7. The molecule has 1 unspecified atom stereocenters. The number of sulfonamides is 1. The maximum atomic E-state index is 12.6. The number of nitrogens with two attached hydrogens (primary N) is 1. The number of nitrogens with zero attached hydrogens (tertiary/aromatic N) is 2. The monoisotopic (exact) mass is 367 g/mol. The number of hydrogen-bond acceptors (Lipinski definition) is 4. The highest BCUT2D eigenvalue weighted by Crippen LogP contribution is 2.30. The Labute approximate surface area is 151 Å². The van der Waals surface area contributed by atoms with Gasteiger partial charge >= 0.3 is 0 Å². The largest absolute Gasteiger partial charge is 0.342 e. The van der Waals surface area contributed by atoms with Crippen molar-refractivity contribution in [2.24, 2.45) is 11.7 Å². The zero-order valence-electron chi connectivity index (χ0n) is 15.5. The molecule has 1 aromatic carbocycles. The molecule has 0 radical (unpaired) electrons. The van der Waals surface area contributed by atoms with Crippen molar-refractivity contribution >= 4 is 21.6 Å². The van der Waals surface area contributed by atoms with Gasteiger partial charge in [-0.1, -0.05) is 13.8 Å². The molecule has 6 nitrogen and oxygen atoms in total. The topological polar surface area (TPSA) is 83.7 Å². The number of rotatable bonds is 6. The fourth-order valence-corrected chi connectivity index (χ4v) is 4.03. The summed E-state index contributed by atoms with van der Waals surface area (Å²) < 4.78 is 25.3. The highest BCUT2D eigenvalue weighted by molar-refractivity contribution is 7.92. The maximum absolute atomic E-state index is 12.6. The van der Waals surface area contributed by atoms with Crippen LogP contribution in [0, 0.1) is 5.92 Å². The van der Waals surface area contributed by atoms with Crippen LogP contribution in [0.4, 0.5) is 5.69 Å². The van der Waals surface area contributed by atoms with Crippen molar-refractivity contribution in [2.75, 3.05) is 30.7 Å². The molecular formula is C18H29N3O3S. The van der Waals surface area contributed by atoms with E-state index in [4.69, 9.17) is 5.73 Å². The zero-order chi connectivity index (χ0) is 18.8. The first-order valence-corrected chi connectivity index (χ1v) is 10.6.